The van der Waals surface area contributed by atoms with Gasteiger partial charge >= 0.3 is 5.97 Å². The molecule has 6 nitrogen and oxygen atoms in total. The van der Waals surface area contributed by atoms with Gasteiger partial charge in [-0.05, 0) is 48.4 Å². The Balaban J connectivity index is 1.48. The number of hydrogen-bond acceptors (Lipinski definition) is 5. The van der Waals surface area contributed by atoms with Crippen LogP contribution in [-0.2, 0) is 20.9 Å². The van der Waals surface area contributed by atoms with Crippen LogP contribution in [0.2, 0.25) is 5.02 Å². The van der Waals surface area contributed by atoms with Gasteiger partial charge in [0.25, 0.3) is 5.91 Å². The van der Waals surface area contributed by atoms with Crippen molar-refractivity contribution < 1.29 is 23.9 Å². The Morgan fingerprint density at radius 3 is 2.37 bits per heavy atom. The van der Waals surface area contributed by atoms with Crippen LogP contribution in [0.1, 0.15) is 28.8 Å². The van der Waals surface area contributed by atoms with Gasteiger partial charge < -0.3 is 9.47 Å². The molecule has 1 fully saturated rings. The molecule has 1 aliphatic rings. The van der Waals surface area contributed by atoms with Gasteiger partial charge in [-0.3, -0.25) is 14.5 Å². The summed E-state index contributed by atoms with van der Waals surface area (Å²) in [4.78, 5) is 36.6. The zero-order chi connectivity index (χ0) is 19.2. The van der Waals surface area contributed by atoms with Crippen molar-refractivity contribution >= 4 is 29.4 Å². The Labute approximate surface area is 161 Å². The first-order valence-electron chi connectivity index (χ1n) is 8.50. The first-order chi connectivity index (χ1) is 13.0. The number of ether oxygens (including phenoxy) is 2. The fraction of sp³-hybridized carbons (Fsp3) is 0.250. The van der Waals surface area contributed by atoms with E-state index in [0.717, 1.165) is 10.5 Å². The molecule has 1 aliphatic heterocycles. The van der Waals surface area contributed by atoms with Gasteiger partial charge in [-0.15, -0.1) is 0 Å². The molecule has 0 bridgehead atoms. The summed E-state index contributed by atoms with van der Waals surface area (Å²) in [6.07, 6.45) is 1.01. The maximum atomic E-state index is 12.0. The molecule has 3 rings (SSSR count). The Morgan fingerprint density at radius 1 is 1.04 bits per heavy atom. The normalized spacial score (nSPS) is 13.5. The van der Waals surface area contributed by atoms with Crippen LogP contribution >= 0.6 is 11.6 Å². The Hall–Kier alpha value is -2.86. The maximum absolute atomic E-state index is 12.0. The molecular weight excluding hydrogens is 370 g/mol. The summed E-state index contributed by atoms with van der Waals surface area (Å²) in [5.74, 6) is -0.627. The van der Waals surface area contributed by atoms with E-state index in [4.69, 9.17) is 21.1 Å². The van der Waals surface area contributed by atoms with Crippen molar-refractivity contribution in [3.63, 3.8) is 0 Å². The number of halogens is 1. The van der Waals surface area contributed by atoms with Crippen LogP contribution in [0.4, 0.5) is 0 Å². The van der Waals surface area contributed by atoms with Crippen molar-refractivity contribution in [3.05, 3.63) is 64.7 Å². The van der Waals surface area contributed by atoms with E-state index >= 15 is 0 Å². The highest BCUT2D eigenvalue weighted by Crippen LogP contribution is 2.17. The van der Waals surface area contributed by atoms with Crippen molar-refractivity contribution in [1.29, 1.82) is 0 Å². The predicted molar refractivity (Wildman–Crippen MR) is 98.5 cm³/mol. The summed E-state index contributed by atoms with van der Waals surface area (Å²) in [6.45, 7) is 0.288. The van der Waals surface area contributed by atoms with Crippen LogP contribution in [0.25, 0.3) is 0 Å². The fourth-order valence-corrected chi connectivity index (χ4v) is 2.76. The quantitative estimate of drug-likeness (QED) is 0.711. The standard InChI is InChI=1S/C20H18ClNO5/c21-16-7-9-17(10-8-16)26-12-14-3-5-15(6-4-14)20(25)27-13-19(24)22-11-1-2-18(22)23/h3-10H,1-2,11-13H2. The van der Waals surface area contributed by atoms with Gasteiger partial charge in [-0.2, -0.15) is 0 Å². The molecule has 0 aliphatic carbocycles. The van der Waals surface area contributed by atoms with Crippen LogP contribution in [0.3, 0.4) is 0 Å². The highest BCUT2D eigenvalue weighted by molar-refractivity contribution is 6.30. The number of carbonyl (C=O) groups excluding carboxylic acids is 3. The minimum absolute atomic E-state index is 0.221. The summed E-state index contributed by atoms with van der Waals surface area (Å²) in [5.41, 5.74) is 1.20. The minimum atomic E-state index is -0.611. The molecule has 0 atom stereocenters. The molecule has 0 unspecified atom stereocenters. The smallest absolute Gasteiger partial charge is 0.338 e. The lowest BCUT2D eigenvalue weighted by Gasteiger charge is -2.13. The molecule has 0 spiro atoms. The SMILES string of the molecule is O=C(OCC(=O)N1CCCC1=O)c1ccc(COc2ccc(Cl)cc2)cc1. The number of nitrogens with zero attached hydrogens (tertiary/aromatic N) is 1. The Kier molecular flexibility index (Phi) is 6.08. The molecule has 2 aromatic carbocycles. The van der Waals surface area contributed by atoms with Gasteiger partial charge in [-0.1, -0.05) is 23.7 Å². The van der Waals surface area contributed by atoms with Crippen molar-refractivity contribution in [2.24, 2.45) is 0 Å². The third-order valence-corrected chi connectivity index (χ3v) is 4.36. The van der Waals surface area contributed by atoms with Crippen LogP contribution < -0.4 is 4.74 Å². The van der Waals surface area contributed by atoms with E-state index in [1.165, 1.54) is 0 Å². The first kappa shape index (κ1) is 18.9. The van der Waals surface area contributed by atoms with Gasteiger partial charge in [-0.25, -0.2) is 4.79 Å². The topological polar surface area (TPSA) is 72.9 Å². The van der Waals surface area contributed by atoms with Crippen LogP contribution in [-0.4, -0.2) is 35.8 Å². The van der Waals surface area contributed by atoms with Crippen molar-refractivity contribution in [2.45, 2.75) is 19.4 Å². The number of benzene rings is 2. The third-order valence-electron chi connectivity index (χ3n) is 4.11. The van der Waals surface area contributed by atoms with Crippen LogP contribution in [0.15, 0.2) is 48.5 Å². The van der Waals surface area contributed by atoms with E-state index < -0.39 is 18.5 Å². The molecule has 27 heavy (non-hydrogen) atoms. The molecule has 7 heteroatoms. The predicted octanol–water partition coefficient (Wildman–Crippen LogP) is 3.22. The molecule has 2 amide bonds. The zero-order valence-electron chi connectivity index (χ0n) is 14.5. The van der Waals surface area contributed by atoms with E-state index in [1.807, 2.05) is 0 Å². The number of carbonyl (C=O) groups is 3. The molecule has 0 aromatic heterocycles. The molecule has 0 radical (unpaired) electrons. The average Bonchev–Trinajstić information content (AvgIpc) is 3.12. The van der Waals surface area contributed by atoms with Gasteiger partial charge in [0.2, 0.25) is 5.91 Å². The van der Waals surface area contributed by atoms with Gasteiger partial charge in [0.1, 0.15) is 12.4 Å². The fourth-order valence-electron chi connectivity index (χ4n) is 2.63. The Morgan fingerprint density at radius 2 is 1.74 bits per heavy atom. The second-order valence-electron chi connectivity index (χ2n) is 6.06. The second-order valence-corrected chi connectivity index (χ2v) is 6.49. The largest absolute Gasteiger partial charge is 0.489 e. The number of imide groups is 1. The lowest BCUT2D eigenvalue weighted by molar-refractivity contribution is -0.143. The van der Waals surface area contributed by atoms with Crippen LogP contribution in [0.5, 0.6) is 5.75 Å². The maximum Gasteiger partial charge on any atom is 0.338 e. The minimum Gasteiger partial charge on any atom is -0.489 e. The molecular formula is C20H18ClNO5. The van der Waals surface area contributed by atoms with E-state index in [9.17, 15) is 14.4 Å². The summed E-state index contributed by atoms with van der Waals surface area (Å²) >= 11 is 5.83. The van der Waals surface area contributed by atoms with E-state index in [-0.39, 0.29) is 5.91 Å². The summed E-state index contributed by atoms with van der Waals surface area (Å²) in [5, 5.41) is 0.637. The number of likely N-dealkylation sites (tertiary alicyclic amines) is 1. The van der Waals surface area contributed by atoms with Gasteiger partial charge in [0, 0.05) is 18.0 Å². The molecule has 1 heterocycles. The molecule has 2 aromatic rings. The number of rotatable bonds is 6. The zero-order valence-corrected chi connectivity index (χ0v) is 15.3. The summed E-state index contributed by atoms with van der Waals surface area (Å²) < 4.78 is 10.6. The monoisotopic (exact) mass is 387 g/mol. The average molecular weight is 388 g/mol. The lowest BCUT2D eigenvalue weighted by atomic mass is 10.1. The van der Waals surface area contributed by atoms with Crippen molar-refractivity contribution in [1.82, 2.24) is 4.90 Å². The molecule has 1 saturated heterocycles. The number of amides is 2. The first-order valence-corrected chi connectivity index (χ1v) is 8.88. The summed E-state index contributed by atoms with van der Waals surface area (Å²) in [7, 11) is 0. The van der Waals surface area contributed by atoms with Crippen molar-refractivity contribution in [2.75, 3.05) is 13.2 Å². The molecule has 0 N–H and O–H groups in total. The van der Waals surface area contributed by atoms with E-state index in [2.05, 4.69) is 0 Å². The summed E-state index contributed by atoms with van der Waals surface area (Å²) in [6, 6.07) is 13.7. The highest BCUT2D eigenvalue weighted by atomic mass is 35.5. The highest BCUT2D eigenvalue weighted by Gasteiger charge is 2.27. The Bertz CT molecular complexity index is 832. The third kappa shape index (κ3) is 5.08. The molecule has 140 valence electrons. The second kappa shape index (κ2) is 8.68. The van der Waals surface area contributed by atoms with E-state index in [0.29, 0.717) is 42.3 Å². The molecule has 0 saturated carbocycles. The lowest BCUT2D eigenvalue weighted by Crippen LogP contribution is -2.35. The van der Waals surface area contributed by atoms with Gasteiger partial charge in [0.15, 0.2) is 6.61 Å². The number of hydrogen-bond donors (Lipinski definition) is 0. The van der Waals surface area contributed by atoms with Crippen LogP contribution in [0, 0.1) is 0 Å². The number of esters is 1. The van der Waals surface area contributed by atoms with E-state index in [1.54, 1.807) is 48.5 Å². The van der Waals surface area contributed by atoms with Gasteiger partial charge in [0.05, 0.1) is 5.56 Å². The van der Waals surface area contributed by atoms with Crippen molar-refractivity contribution in [3.8, 4) is 5.75 Å².